The zero-order valence-corrected chi connectivity index (χ0v) is 20.3. The third-order valence-corrected chi connectivity index (χ3v) is 8.05. The maximum absolute atomic E-state index is 12.4. The molecule has 0 spiro atoms. The molecule has 2 aliphatic rings. The smallest absolute Gasteiger partial charge is 0.242 e. The van der Waals surface area contributed by atoms with Crippen LogP contribution in [0, 0.1) is 11.8 Å². The predicted octanol–water partition coefficient (Wildman–Crippen LogP) is 3.57. The number of pyridine rings is 1. The largest absolute Gasteiger partial charge is 0.493 e. The number of ether oxygens (including phenoxy) is 2. The van der Waals surface area contributed by atoms with Gasteiger partial charge in [0, 0.05) is 25.2 Å². The van der Waals surface area contributed by atoms with E-state index in [9.17, 15) is 8.42 Å². The summed E-state index contributed by atoms with van der Waals surface area (Å²) in [7, 11) is -0.255. The number of piperidine rings is 1. The molecule has 2 atom stereocenters. The maximum Gasteiger partial charge on any atom is 0.242 e. The quantitative estimate of drug-likeness (QED) is 0.396. The molecule has 0 radical (unpaired) electrons. The molecule has 3 rings (SSSR count). The van der Waals surface area contributed by atoms with E-state index >= 15 is 0 Å². The molecule has 2 heterocycles. The van der Waals surface area contributed by atoms with Gasteiger partial charge in [-0.25, -0.2) is 18.1 Å². The van der Waals surface area contributed by atoms with Gasteiger partial charge in [0.2, 0.25) is 10.0 Å². The van der Waals surface area contributed by atoms with Crippen LogP contribution >= 0.6 is 27.5 Å². The van der Waals surface area contributed by atoms with E-state index in [1.165, 1.54) is 12.3 Å². The number of aromatic nitrogens is 1. The van der Waals surface area contributed by atoms with Crippen LogP contribution in [-0.4, -0.2) is 58.7 Å². The molecule has 0 saturated carbocycles. The number of nitrogens with zero attached hydrogens (tertiary/aromatic N) is 2. The first kappa shape index (κ1) is 23.5. The van der Waals surface area contributed by atoms with Gasteiger partial charge in [-0.15, -0.1) is 0 Å². The zero-order valence-electron chi connectivity index (χ0n) is 17.1. The van der Waals surface area contributed by atoms with Gasteiger partial charge in [-0.05, 0) is 72.4 Å². The summed E-state index contributed by atoms with van der Waals surface area (Å²) in [6.45, 7) is 3.33. The van der Waals surface area contributed by atoms with Crippen LogP contribution in [0.1, 0.15) is 19.3 Å². The predicted molar refractivity (Wildman–Crippen MR) is 120 cm³/mol. The molecule has 1 fully saturated rings. The van der Waals surface area contributed by atoms with Crippen LogP contribution in [0.15, 0.2) is 45.3 Å². The summed E-state index contributed by atoms with van der Waals surface area (Å²) in [5.74, 6) is 2.52. The number of sulfonamides is 1. The molecular weight excluding hydrogens is 494 g/mol. The third-order valence-electron chi connectivity index (χ3n) is 5.49. The summed E-state index contributed by atoms with van der Waals surface area (Å²) >= 11 is 9.03. The van der Waals surface area contributed by atoms with Gasteiger partial charge in [-0.1, -0.05) is 11.6 Å². The normalized spacial score (nSPS) is 22.1. The summed E-state index contributed by atoms with van der Waals surface area (Å²) in [4.78, 5) is 6.41. The number of hydrogen-bond donors (Lipinski definition) is 1. The Bertz CT molecular complexity index is 923. The monoisotopic (exact) mass is 519 g/mol. The number of methoxy groups -OCH3 is 2. The maximum atomic E-state index is 12.4. The first-order chi connectivity index (χ1) is 14.3. The van der Waals surface area contributed by atoms with E-state index < -0.39 is 10.0 Å². The summed E-state index contributed by atoms with van der Waals surface area (Å²) < 4.78 is 38.7. The van der Waals surface area contributed by atoms with Gasteiger partial charge < -0.3 is 14.4 Å². The number of rotatable bonds is 9. The van der Waals surface area contributed by atoms with Crippen molar-refractivity contribution in [3.05, 3.63) is 45.6 Å². The number of hydrogen-bond acceptors (Lipinski definition) is 6. The molecule has 1 aromatic heterocycles. The van der Waals surface area contributed by atoms with E-state index in [0.29, 0.717) is 22.9 Å². The number of nitrogens with one attached hydrogen (secondary N) is 1. The van der Waals surface area contributed by atoms with Crippen LogP contribution in [-0.2, 0) is 19.5 Å². The van der Waals surface area contributed by atoms with E-state index in [1.54, 1.807) is 14.2 Å². The summed E-state index contributed by atoms with van der Waals surface area (Å²) in [5, 5.41) is 0.233. The Kier molecular flexibility index (Phi) is 8.20. The van der Waals surface area contributed by atoms with E-state index in [-0.39, 0.29) is 10.0 Å². The Labute approximate surface area is 191 Å². The number of fused-ring (bicyclic) bond motifs is 1. The minimum Gasteiger partial charge on any atom is -0.493 e. The van der Waals surface area contributed by atoms with Gasteiger partial charge in [0.1, 0.15) is 10.0 Å². The lowest BCUT2D eigenvalue weighted by Crippen LogP contribution is -2.41. The Morgan fingerprint density at radius 1 is 1.23 bits per heavy atom. The van der Waals surface area contributed by atoms with Crippen molar-refractivity contribution >= 4 is 37.6 Å². The average molecular weight is 521 g/mol. The first-order valence-electron chi connectivity index (χ1n) is 9.89. The van der Waals surface area contributed by atoms with Crippen molar-refractivity contribution in [2.75, 3.05) is 40.4 Å². The van der Waals surface area contributed by atoms with Crippen LogP contribution in [0.25, 0.3) is 0 Å². The second-order valence-corrected chi connectivity index (χ2v) is 10.4. The van der Waals surface area contributed by atoms with Crippen molar-refractivity contribution in [2.45, 2.75) is 24.2 Å². The Balaban J connectivity index is 1.43. The standard InChI is InChI=1S/C20H27BrClN3O4S/c1-28-18-9-14-5-8-25(13-15(14)10-19(18)29-2)7-4-3-6-24-30(26,27)16-11-17(21)20(22)23-12-16/h9-12,14-15,24H,3-8,13H2,1-2H3. The van der Waals surface area contributed by atoms with Crippen molar-refractivity contribution < 1.29 is 17.9 Å². The number of allylic oxidation sites excluding steroid dienone is 1. The lowest BCUT2D eigenvalue weighted by Gasteiger charge is -2.38. The second-order valence-electron chi connectivity index (χ2n) is 7.44. The molecule has 1 aliphatic carbocycles. The van der Waals surface area contributed by atoms with Gasteiger partial charge in [0.05, 0.1) is 18.7 Å². The highest BCUT2D eigenvalue weighted by molar-refractivity contribution is 9.10. The third kappa shape index (κ3) is 5.76. The molecule has 166 valence electrons. The lowest BCUT2D eigenvalue weighted by atomic mass is 9.81. The van der Waals surface area contributed by atoms with Crippen molar-refractivity contribution in [3.8, 4) is 0 Å². The minimum atomic E-state index is -3.59. The van der Waals surface area contributed by atoms with Gasteiger partial charge in [-0.3, -0.25) is 0 Å². The second kappa shape index (κ2) is 10.5. The summed E-state index contributed by atoms with van der Waals surface area (Å²) in [5.41, 5.74) is 0. The molecule has 0 aromatic carbocycles. The van der Waals surface area contributed by atoms with E-state index in [2.05, 4.69) is 42.7 Å². The number of unbranched alkanes of at least 4 members (excludes halogenated alkanes) is 1. The molecular formula is C20H27BrClN3O4S. The number of likely N-dealkylation sites (tertiary alicyclic amines) is 1. The SMILES string of the molecule is COC1=CC2CCN(CCCCNS(=O)(=O)c3cnc(Cl)c(Br)c3)CC2C=C1OC. The van der Waals surface area contributed by atoms with Crippen LogP contribution in [0.5, 0.6) is 0 Å². The van der Waals surface area contributed by atoms with Crippen LogP contribution in [0.3, 0.4) is 0 Å². The lowest BCUT2D eigenvalue weighted by molar-refractivity contribution is 0.143. The molecule has 1 N–H and O–H groups in total. The Morgan fingerprint density at radius 2 is 1.93 bits per heavy atom. The van der Waals surface area contributed by atoms with Crippen molar-refractivity contribution in [1.82, 2.24) is 14.6 Å². The Hall–Kier alpha value is -1.13. The highest BCUT2D eigenvalue weighted by Crippen LogP contribution is 2.34. The Morgan fingerprint density at radius 3 is 2.60 bits per heavy atom. The molecule has 10 heteroatoms. The summed E-state index contributed by atoms with van der Waals surface area (Å²) in [6, 6.07) is 1.46. The van der Waals surface area contributed by atoms with Crippen molar-refractivity contribution in [2.24, 2.45) is 11.8 Å². The first-order valence-corrected chi connectivity index (χ1v) is 12.5. The molecule has 1 saturated heterocycles. The molecule has 1 aromatic rings. The highest BCUT2D eigenvalue weighted by atomic mass is 79.9. The fourth-order valence-electron chi connectivity index (χ4n) is 3.85. The molecule has 1 aliphatic heterocycles. The average Bonchev–Trinajstić information content (AvgIpc) is 2.74. The zero-order chi connectivity index (χ0) is 21.7. The van der Waals surface area contributed by atoms with E-state index in [1.807, 2.05) is 0 Å². The van der Waals surface area contributed by atoms with Crippen LogP contribution < -0.4 is 4.72 Å². The van der Waals surface area contributed by atoms with E-state index in [4.69, 9.17) is 21.1 Å². The van der Waals surface area contributed by atoms with Crippen molar-refractivity contribution in [1.29, 1.82) is 0 Å². The van der Waals surface area contributed by atoms with Gasteiger partial charge in [-0.2, -0.15) is 0 Å². The van der Waals surface area contributed by atoms with Crippen molar-refractivity contribution in [3.63, 3.8) is 0 Å². The molecule has 7 nitrogen and oxygen atoms in total. The summed E-state index contributed by atoms with van der Waals surface area (Å²) in [6.07, 6.45) is 8.37. The number of halogens is 2. The van der Waals surface area contributed by atoms with Gasteiger partial charge >= 0.3 is 0 Å². The van der Waals surface area contributed by atoms with Crippen LogP contribution in [0.2, 0.25) is 5.15 Å². The molecule has 0 bridgehead atoms. The van der Waals surface area contributed by atoms with E-state index in [0.717, 1.165) is 50.4 Å². The van der Waals surface area contributed by atoms with Crippen LogP contribution in [0.4, 0.5) is 0 Å². The van der Waals surface area contributed by atoms with Gasteiger partial charge in [0.25, 0.3) is 0 Å². The topological polar surface area (TPSA) is 80.8 Å². The molecule has 0 amide bonds. The fraction of sp³-hybridized carbons (Fsp3) is 0.550. The minimum absolute atomic E-state index is 0.0994. The molecule has 2 unspecified atom stereocenters. The fourth-order valence-corrected chi connectivity index (χ4v) is 5.50. The molecule has 30 heavy (non-hydrogen) atoms. The van der Waals surface area contributed by atoms with Gasteiger partial charge in [0.15, 0.2) is 11.5 Å². The highest BCUT2D eigenvalue weighted by Gasteiger charge is 2.31.